The Labute approximate surface area is 213 Å². The van der Waals surface area contributed by atoms with Crippen LogP contribution in [0.4, 0.5) is 16.4 Å². The summed E-state index contributed by atoms with van der Waals surface area (Å²) in [6, 6.07) is 27.6. The molecule has 1 aromatic heterocycles. The molecular formula is C31H33N3S. The minimum absolute atomic E-state index is 0.0981. The van der Waals surface area contributed by atoms with E-state index < -0.39 is 0 Å². The van der Waals surface area contributed by atoms with Crippen molar-refractivity contribution < 1.29 is 0 Å². The van der Waals surface area contributed by atoms with Gasteiger partial charge >= 0.3 is 0 Å². The molecule has 1 heterocycles. The Morgan fingerprint density at radius 1 is 0.714 bits per heavy atom. The van der Waals surface area contributed by atoms with Crippen LogP contribution in [0.25, 0.3) is 10.6 Å². The van der Waals surface area contributed by atoms with Gasteiger partial charge in [0.05, 0.1) is 17.3 Å². The van der Waals surface area contributed by atoms with E-state index in [2.05, 4.69) is 108 Å². The van der Waals surface area contributed by atoms with Crippen LogP contribution < -0.4 is 4.90 Å². The number of nitriles is 1. The Morgan fingerprint density at radius 3 is 1.57 bits per heavy atom. The zero-order valence-corrected chi connectivity index (χ0v) is 22.5. The molecule has 0 aliphatic rings. The summed E-state index contributed by atoms with van der Waals surface area (Å²) in [6.45, 7) is 15.5. The molecule has 4 aromatic rings. The molecule has 0 N–H and O–H groups in total. The second kappa shape index (κ2) is 9.32. The van der Waals surface area contributed by atoms with E-state index in [9.17, 15) is 0 Å². The fourth-order valence-electron chi connectivity index (χ4n) is 4.01. The monoisotopic (exact) mass is 479 g/mol. The highest BCUT2D eigenvalue weighted by Gasteiger charge is 2.22. The third-order valence-corrected chi connectivity index (χ3v) is 7.41. The number of aryl methyl sites for hydroxylation is 1. The van der Waals surface area contributed by atoms with E-state index in [-0.39, 0.29) is 10.8 Å². The number of benzene rings is 3. The number of rotatable bonds is 4. The lowest BCUT2D eigenvalue weighted by Gasteiger charge is -2.27. The fraction of sp³-hybridized carbons (Fsp3) is 0.290. The summed E-state index contributed by atoms with van der Waals surface area (Å²) in [5.41, 5.74) is 7.69. The highest BCUT2D eigenvalue weighted by atomic mass is 32.1. The van der Waals surface area contributed by atoms with Crippen molar-refractivity contribution >= 4 is 27.7 Å². The Balaban J connectivity index is 1.82. The summed E-state index contributed by atoms with van der Waals surface area (Å²) >= 11 is 1.68. The standard InChI is InChI=1S/C31H33N3S/c1-21-29(35-28(33-21)23-10-8-22(20-32)9-11-23)34(26-16-12-24(13-17-26)30(2,3)4)27-18-14-25(15-19-27)31(5,6)7/h8-19H,1-7H3. The summed E-state index contributed by atoms with van der Waals surface area (Å²) < 4.78 is 0. The van der Waals surface area contributed by atoms with Crippen LogP contribution in [0, 0.1) is 18.3 Å². The van der Waals surface area contributed by atoms with E-state index in [0.29, 0.717) is 5.56 Å². The summed E-state index contributed by atoms with van der Waals surface area (Å²) in [6.07, 6.45) is 0. The van der Waals surface area contributed by atoms with Crippen molar-refractivity contribution in [1.82, 2.24) is 4.98 Å². The van der Waals surface area contributed by atoms with Gasteiger partial charge in [0.15, 0.2) is 0 Å². The van der Waals surface area contributed by atoms with Crippen LogP contribution in [-0.2, 0) is 10.8 Å². The lowest BCUT2D eigenvalue weighted by molar-refractivity contribution is 0.590. The maximum Gasteiger partial charge on any atom is 0.125 e. The first-order valence-corrected chi connectivity index (χ1v) is 12.8. The lowest BCUT2D eigenvalue weighted by Crippen LogP contribution is -2.14. The van der Waals surface area contributed by atoms with Crippen molar-refractivity contribution in [2.45, 2.75) is 59.3 Å². The van der Waals surface area contributed by atoms with E-state index >= 15 is 0 Å². The maximum atomic E-state index is 9.14. The van der Waals surface area contributed by atoms with Gasteiger partial charge in [0, 0.05) is 16.9 Å². The molecule has 4 rings (SSSR count). The first-order valence-electron chi connectivity index (χ1n) is 12.0. The number of thiazole rings is 1. The van der Waals surface area contributed by atoms with Crippen molar-refractivity contribution in [2.75, 3.05) is 4.90 Å². The second-order valence-corrected chi connectivity index (χ2v) is 12.0. The molecular weight excluding hydrogens is 446 g/mol. The van der Waals surface area contributed by atoms with E-state index in [1.165, 1.54) is 11.1 Å². The SMILES string of the molecule is Cc1nc(-c2ccc(C#N)cc2)sc1N(c1ccc(C(C)(C)C)cc1)c1ccc(C(C)(C)C)cc1. The average molecular weight is 480 g/mol. The number of anilines is 3. The van der Waals surface area contributed by atoms with Gasteiger partial charge in [-0.05, 0) is 65.3 Å². The van der Waals surface area contributed by atoms with E-state index in [0.717, 1.165) is 32.6 Å². The molecule has 0 radical (unpaired) electrons. The van der Waals surface area contributed by atoms with Gasteiger partial charge in [0.1, 0.15) is 10.0 Å². The van der Waals surface area contributed by atoms with Crippen LogP contribution in [0.15, 0.2) is 72.8 Å². The number of nitrogens with zero attached hydrogens (tertiary/aromatic N) is 3. The Morgan fingerprint density at radius 2 is 1.17 bits per heavy atom. The van der Waals surface area contributed by atoms with Gasteiger partial charge < -0.3 is 4.90 Å². The zero-order valence-electron chi connectivity index (χ0n) is 21.7. The number of hydrogen-bond donors (Lipinski definition) is 0. The predicted molar refractivity (Wildman–Crippen MR) is 149 cm³/mol. The van der Waals surface area contributed by atoms with E-state index in [1.54, 1.807) is 11.3 Å². The molecule has 3 nitrogen and oxygen atoms in total. The zero-order chi connectivity index (χ0) is 25.4. The molecule has 0 saturated heterocycles. The van der Waals surface area contributed by atoms with Gasteiger partial charge in [0.25, 0.3) is 0 Å². The van der Waals surface area contributed by atoms with Crippen LogP contribution in [0.5, 0.6) is 0 Å². The van der Waals surface area contributed by atoms with Crippen molar-refractivity contribution in [1.29, 1.82) is 5.26 Å². The highest BCUT2D eigenvalue weighted by molar-refractivity contribution is 7.19. The third-order valence-electron chi connectivity index (χ3n) is 6.22. The van der Waals surface area contributed by atoms with E-state index in [1.807, 2.05) is 24.3 Å². The van der Waals surface area contributed by atoms with Crippen LogP contribution in [0.3, 0.4) is 0 Å². The number of aromatic nitrogens is 1. The minimum atomic E-state index is 0.0981. The van der Waals surface area contributed by atoms with Gasteiger partial charge in [-0.15, -0.1) is 0 Å². The van der Waals surface area contributed by atoms with E-state index in [4.69, 9.17) is 10.2 Å². The Bertz CT molecular complexity index is 1280. The van der Waals surface area contributed by atoms with Gasteiger partial charge in [-0.1, -0.05) is 89.3 Å². The molecule has 3 aromatic carbocycles. The average Bonchev–Trinajstić information content (AvgIpc) is 3.20. The first kappa shape index (κ1) is 24.7. The van der Waals surface area contributed by atoms with Crippen LogP contribution in [-0.4, -0.2) is 4.98 Å². The largest absolute Gasteiger partial charge is 0.300 e. The molecule has 4 heteroatoms. The quantitative estimate of drug-likeness (QED) is 0.293. The van der Waals surface area contributed by atoms with Crippen LogP contribution >= 0.6 is 11.3 Å². The molecule has 0 atom stereocenters. The molecule has 0 spiro atoms. The molecule has 0 aliphatic carbocycles. The van der Waals surface area contributed by atoms with Gasteiger partial charge in [0.2, 0.25) is 0 Å². The highest BCUT2D eigenvalue weighted by Crippen LogP contribution is 2.43. The topological polar surface area (TPSA) is 39.9 Å². The number of hydrogen-bond acceptors (Lipinski definition) is 4. The molecule has 35 heavy (non-hydrogen) atoms. The smallest absolute Gasteiger partial charge is 0.125 e. The maximum absolute atomic E-state index is 9.14. The van der Waals surface area contributed by atoms with Crippen molar-refractivity contribution in [3.05, 3.63) is 95.2 Å². The van der Waals surface area contributed by atoms with Gasteiger partial charge in [-0.25, -0.2) is 4.98 Å². The molecule has 0 unspecified atom stereocenters. The second-order valence-electron chi connectivity index (χ2n) is 11.0. The fourth-order valence-corrected chi connectivity index (χ4v) is 5.13. The molecule has 0 saturated carbocycles. The van der Waals surface area contributed by atoms with Crippen LogP contribution in [0.1, 0.15) is 63.9 Å². The van der Waals surface area contributed by atoms with Crippen molar-refractivity contribution in [3.63, 3.8) is 0 Å². The summed E-state index contributed by atoms with van der Waals surface area (Å²) in [7, 11) is 0. The summed E-state index contributed by atoms with van der Waals surface area (Å²) in [5, 5.41) is 11.2. The van der Waals surface area contributed by atoms with Crippen molar-refractivity contribution in [2.24, 2.45) is 0 Å². The van der Waals surface area contributed by atoms with Gasteiger partial charge in [-0.2, -0.15) is 5.26 Å². The molecule has 178 valence electrons. The molecule has 0 aliphatic heterocycles. The first-order chi connectivity index (χ1) is 16.5. The predicted octanol–water partition coefficient (Wildman–Crippen LogP) is 9.05. The third kappa shape index (κ3) is 5.31. The van der Waals surface area contributed by atoms with Gasteiger partial charge in [-0.3, -0.25) is 0 Å². The minimum Gasteiger partial charge on any atom is -0.300 e. The Kier molecular flexibility index (Phi) is 6.58. The molecule has 0 fully saturated rings. The molecule has 0 bridgehead atoms. The Hall–Kier alpha value is -3.42. The van der Waals surface area contributed by atoms with Crippen LogP contribution in [0.2, 0.25) is 0 Å². The van der Waals surface area contributed by atoms with Crippen molar-refractivity contribution in [3.8, 4) is 16.6 Å². The normalized spacial score (nSPS) is 11.8. The summed E-state index contributed by atoms with van der Waals surface area (Å²) in [4.78, 5) is 7.22. The summed E-state index contributed by atoms with van der Waals surface area (Å²) in [5.74, 6) is 0. The molecule has 0 amide bonds. The lowest BCUT2D eigenvalue weighted by atomic mass is 9.87.